The Bertz CT molecular complexity index is 676. The fourth-order valence-corrected chi connectivity index (χ4v) is 3.35. The Hall–Kier alpha value is -2.10. The number of fused-ring (bicyclic) bond motifs is 1. The van der Waals surface area contributed by atoms with Gasteiger partial charge in [-0.05, 0) is 50.2 Å². The van der Waals surface area contributed by atoms with Crippen molar-refractivity contribution in [2.75, 3.05) is 11.9 Å². The zero-order valence-electron chi connectivity index (χ0n) is 12.9. The SMILES string of the molecule is Cc1cccc2c(NC[C@H]3CC[C@H](C(=O)O)CC3)ccnc12. The predicted octanol–water partition coefficient (Wildman–Crippen LogP) is 3.85. The fraction of sp³-hybridized carbons (Fsp3) is 0.444. The summed E-state index contributed by atoms with van der Waals surface area (Å²) in [7, 11) is 0. The molecule has 2 aromatic rings. The number of hydrogen-bond donors (Lipinski definition) is 2. The van der Waals surface area contributed by atoms with Crippen LogP contribution in [-0.2, 0) is 4.79 Å². The van der Waals surface area contributed by atoms with E-state index in [1.54, 1.807) is 0 Å². The van der Waals surface area contributed by atoms with Gasteiger partial charge in [0, 0.05) is 23.8 Å². The molecule has 0 saturated heterocycles. The van der Waals surface area contributed by atoms with Crippen LogP contribution in [-0.4, -0.2) is 22.6 Å². The molecule has 1 saturated carbocycles. The first-order chi connectivity index (χ1) is 10.6. The number of nitrogens with one attached hydrogen (secondary N) is 1. The van der Waals surface area contributed by atoms with E-state index in [-0.39, 0.29) is 5.92 Å². The number of aryl methyl sites for hydroxylation is 1. The summed E-state index contributed by atoms with van der Waals surface area (Å²) in [5.41, 5.74) is 3.35. The number of carboxylic acid groups (broad SMARTS) is 1. The summed E-state index contributed by atoms with van der Waals surface area (Å²) in [5, 5.41) is 13.7. The van der Waals surface area contributed by atoms with Gasteiger partial charge in [-0.3, -0.25) is 9.78 Å². The van der Waals surface area contributed by atoms with Crippen LogP contribution >= 0.6 is 0 Å². The first-order valence-electron chi connectivity index (χ1n) is 7.96. The normalized spacial score (nSPS) is 21.7. The minimum absolute atomic E-state index is 0.138. The Labute approximate surface area is 130 Å². The van der Waals surface area contributed by atoms with Crippen molar-refractivity contribution in [2.24, 2.45) is 11.8 Å². The Morgan fingerprint density at radius 3 is 2.77 bits per heavy atom. The molecule has 1 aromatic carbocycles. The molecule has 1 heterocycles. The van der Waals surface area contributed by atoms with Crippen LogP contribution in [0.1, 0.15) is 31.2 Å². The standard InChI is InChI=1S/C18H22N2O2/c1-12-3-2-4-15-16(9-10-19-17(12)15)20-11-13-5-7-14(8-6-13)18(21)22/h2-4,9-10,13-14H,5-8,11H2,1H3,(H,19,20)(H,21,22)/t13-,14-. The van der Waals surface area contributed by atoms with E-state index in [1.165, 1.54) is 5.56 Å². The number of benzene rings is 1. The maximum Gasteiger partial charge on any atom is 0.306 e. The molecule has 2 N–H and O–H groups in total. The van der Waals surface area contributed by atoms with Crippen molar-refractivity contribution in [3.8, 4) is 0 Å². The second-order valence-electron chi connectivity index (χ2n) is 6.27. The van der Waals surface area contributed by atoms with Crippen LogP contribution in [0.5, 0.6) is 0 Å². The number of aliphatic carboxylic acids is 1. The van der Waals surface area contributed by atoms with Crippen molar-refractivity contribution in [2.45, 2.75) is 32.6 Å². The van der Waals surface area contributed by atoms with Gasteiger partial charge in [-0.15, -0.1) is 0 Å². The number of pyridine rings is 1. The van der Waals surface area contributed by atoms with E-state index in [2.05, 4.69) is 35.4 Å². The summed E-state index contributed by atoms with van der Waals surface area (Å²) in [6.45, 7) is 2.98. The van der Waals surface area contributed by atoms with Crippen LogP contribution in [0.3, 0.4) is 0 Å². The Kier molecular flexibility index (Phi) is 4.27. The van der Waals surface area contributed by atoms with Gasteiger partial charge in [0.25, 0.3) is 0 Å². The van der Waals surface area contributed by atoms with Gasteiger partial charge in [-0.2, -0.15) is 0 Å². The minimum atomic E-state index is -0.637. The molecule has 22 heavy (non-hydrogen) atoms. The van der Waals surface area contributed by atoms with Crippen molar-refractivity contribution in [3.63, 3.8) is 0 Å². The Balaban J connectivity index is 1.65. The highest BCUT2D eigenvalue weighted by Crippen LogP contribution is 2.30. The van der Waals surface area contributed by atoms with E-state index < -0.39 is 5.97 Å². The molecule has 4 heteroatoms. The van der Waals surface area contributed by atoms with Crippen molar-refractivity contribution in [1.29, 1.82) is 0 Å². The topological polar surface area (TPSA) is 62.2 Å². The molecular weight excluding hydrogens is 276 g/mol. The van der Waals surface area contributed by atoms with Crippen LogP contribution in [0.15, 0.2) is 30.5 Å². The number of carboxylic acids is 1. The highest BCUT2D eigenvalue weighted by Gasteiger charge is 2.25. The highest BCUT2D eigenvalue weighted by atomic mass is 16.4. The zero-order valence-corrected chi connectivity index (χ0v) is 12.9. The number of anilines is 1. The van der Waals surface area contributed by atoms with Crippen molar-refractivity contribution >= 4 is 22.6 Å². The maximum absolute atomic E-state index is 11.0. The summed E-state index contributed by atoms with van der Waals surface area (Å²) < 4.78 is 0. The molecule has 1 fully saturated rings. The van der Waals surface area contributed by atoms with Crippen LogP contribution in [0, 0.1) is 18.8 Å². The van der Waals surface area contributed by atoms with Crippen molar-refractivity contribution in [3.05, 3.63) is 36.0 Å². The Morgan fingerprint density at radius 1 is 1.27 bits per heavy atom. The maximum atomic E-state index is 11.0. The molecular formula is C18H22N2O2. The van der Waals surface area contributed by atoms with Crippen LogP contribution in [0.25, 0.3) is 10.9 Å². The first-order valence-corrected chi connectivity index (χ1v) is 7.96. The lowest BCUT2D eigenvalue weighted by Crippen LogP contribution is -2.25. The van der Waals surface area contributed by atoms with E-state index >= 15 is 0 Å². The van der Waals surface area contributed by atoms with Gasteiger partial charge < -0.3 is 10.4 Å². The van der Waals surface area contributed by atoms with Crippen molar-refractivity contribution < 1.29 is 9.90 Å². The van der Waals surface area contributed by atoms with Gasteiger partial charge in [0.1, 0.15) is 0 Å². The molecule has 0 radical (unpaired) electrons. The molecule has 0 amide bonds. The number of hydrogen-bond acceptors (Lipinski definition) is 3. The van der Waals surface area contributed by atoms with Crippen molar-refractivity contribution in [1.82, 2.24) is 4.98 Å². The zero-order chi connectivity index (χ0) is 15.5. The molecule has 1 aromatic heterocycles. The third kappa shape index (κ3) is 3.06. The third-order valence-electron chi connectivity index (χ3n) is 4.75. The summed E-state index contributed by atoms with van der Waals surface area (Å²) in [6.07, 6.45) is 5.44. The molecule has 3 rings (SSSR count). The number of nitrogens with zero attached hydrogens (tertiary/aromatic N) is 1. The van der Waals surface area contributed by atoms with E-state index in [9.17, 15) is 4.79 Å². The molecule has 0 spiro atoms. The highest BCUT2D eigenvalue weighted by molar-refractivity contribution is 5.92. The number of aromatic nitrogens is 1. The fourth-order valence-electron chi connectivity index (χ4n) is 3.35. The number of carbonyl (C=O) groups is 1. The summed E-state index contributed by atoms with van der Waals surface area (Å²) in [6, 6.07) is 8.25. The van der Waals surface area contributed by atoms with E-state index in [0.717, 1.165) is 48.8 Å². The lowest BCUT2D eigenvalue weighted by atomic mass is 9.82. The molecule has 1 aliphatic carbocycles. The lowest BCUT2D eigenvalue weighted by Gasteiger charge is -2.26. The van der Waals surface area contributed by atoms with E-state index in [4.69, 9.17) is 5.11 Å². The van der Waals surface area contributed by atoms with E-state index in [0.29, 0.717) is 5.92 Å². The largest absolute Gasteiger partial charge is 0.481 e. The second-order valence-corrected chi connectivity index (χ2v) is 6.27. The lowest BCUT2D eigenvalue weighted by molar-refractivity contribution is -0.143. The van der Waals surface area contributed by atoms with Gasteiger partial charge in [0.15, 0.2) is 0 Å². The van der Waals surface area contributed by atoms with Gasteiger partial charge in [-0.1, -0.05) is 18.2 Å². The average Bonchev–Trinajstić information content (AvgIpc) is 2.54. The quantitative estimate of drug-likeness (QED) is 0.900. The average molecular weight is 298 g/mol. The van der Waals surface area contributed by atoms with Gasteiger partial charge in [0.05, 0.1) is 11.4 Å². The molecule has 1 aliphatic rings. The third-order valence-corrected chi connectivity index (χ3v) is 4.75. The van der Waals surface area contributed by atoms with Crippen LogP contribution < -0.4 is 5.32 Å². The number of rotatable bonds is 4. The predicted molar refractivity (Wildman–Crippen MR) is 88.1 cm³/mol. The van der Waals surface area contributed by atoms with Crippen LogP contribution in [0.2, 0.25) is 0 Å². The molecule has 0 unspecified atom stereocenters. The monoisotopic (exact) mass is 298 g/mol. The Morgan fingerprint density at radius 2 is 2.05 bits per heavy atom. The van der Waals surface area contributed by atoms with Gasteiger partial charge in [-0.25, -0.2) is 0 Å². The van der Waals surface area contributed by atoms with Gasteiger partial charge >= 0.3 is 5.97 Å². The van der Waals surface area contributed by atoms with Gasteiger partial charge in [0.2, 0.25) is 0 Å². The van der Waals surface area contributed by atoms with E-state index in [1.807, 2.05) is 12.3 Å². The second kappa shape index (κ2) is 6.34. The summed E-state index contributed by atoms with van der Waals surface area (Å²) >= 11 is 0. The summed E-state index contributed by atoms with van der Waals surface area (Å²) in [4.78, 5) is 15.5. The summed E-state index contributed by atoms with van der Waals surface area (Å²) in [5.74, 6) is -0.216. The molecule has 116 valence electrons. The number of para-hydroxylation sites is 1. The molecule has 4 nitrogen and oxygen atoms in total. The molecule has 0 aliphatic heterocycles. The van der Waals surface area contributed by atoms with Crippen LogP contribution in [0.4, 0.5) is 5.69 Å². The smallest absolute Gasteiger partial charge is 0.306 e. The molecule has 0 atom stereocenters. The molecule has 0 bridgehead atoms. The first kappa shape index (κ1) is 14.8. The minimum Gasteiger partial charge on any atom is -0.481 e.